The van der Waals surface area contributed by atoms with E-state index < -0.39 is 0 Å². The van der Waals surface area contributed by atoms with Gasteiger partial charge in [0, 0.05) is 6.32 Å². The molecule has 1 aliphatic carbocycles. The maximum Gasteiger partial charge on any atom is 0.489 e. The average molecular weight is 376 g/mol. The maximum atomic E-state index is 6.38. The van der Waals surface area contributed by atoms with E-state index in [1.165, 1.54) is 37.6 Å². The van der Waals surface area contributed by atoms with Crippen molar-refractivity contribution in [2.45, 2.75) is 116 Å². The third-order valence-electron chi connectivity index (χ3n) is 7.36. The molecule has 0 unspecified atom stereocenters. The van der Waals surface area contributed by atoms with Gasteiger partial charge < -0.3 is 18.6 Å². The molecule has 0 aromatic carbocycles. The second-order valence-corrected chi connectivity index (χ2v) is 10.6. The van der Waals surface area contributed by atoms with E-state index in [9.17, 15) is 0 Å². The summed E-state index contributed by atoms with van der Waals surface area (Å²) in [5.41, 5.74) is -0.120. The molecular formula is C21H38B2O4. The number of allylic oxidation sites excluding steroid dienone is 2. The molecule has 2 heterocycles. The lowest BCUT2D eigenvalue weighted by Crippen LogP contribution is -2.41. The van der Waals surface area contributed by atoms with E-state index in [-0.39, 0.29) is 36.6 Å². The number of hydrogen-bond donors (Lipinski definition) is 0. The molecule has 3 rings (SSSR count). The van der Waals surface area contributed by atoms with Gasteiger partial charge in [-0.15, -0.1) is 0 Å². The third-order valence-corrected chi connectivity index (χ3v) is 7.36. The van der Waals surface area contributed by atoms with Crippen molar-refractivity contribution in [3.05, 3.63) is 11.5 Å². The van der Waals surface area contributed by atoms with Gasteiger partial charge in [-0.1, -0.05) is 25.3 Å². The Hall–Kier alpha value is -0.290. The first-order valence-corrected chi connectivity index (χ1v) is 10.7. The van der Waals surface area contributed by atoms with E-state index in [1.807, 2.05) is 0 Å². The molecular weight excluding hydrogens is 338 g/mol. The van der Waals surface area contributed by atoms with E-state index >= 15 is 0 Å². The molecule has 0 amide bonds. The minimum atomic E-state index is -0.334. The topological polar surface area (TPSA) is 36.9 Å². The van der Waals surface area contributed by atoms with Crippen molar-refractivity contribution in [1.82, 2.24) is 0 Å². The molecule has 6 heteroatoms. The van der Waals surface area contributed by atoms with Crippen LogP contribution in [0.3, 0.4) is 0 Å². The molecule has 2 saturated heterocycles. The second kappa shape index (κ2) is 7.19. The molecule has 0 radical (unpaired) electrons. The monoisotopic (exact) mass is 376 g/mol. The van der Waals surface area contributed by atoms with Crippen molar-refractivity contribution in [3.8, 4) is 0 Å². The second-order valence-electron chi connectivity index (χ2n) is 10.6. The van der Waals surface area contributed by atoms with Crippen molar-refractivity contribution in [1.29, 1.82) is 0 Å². The van der Waals surface area contributed by atoms with Gasteiger partial charge in [0.05, 0.1) is 22.4 Å². The Kier molecular flexibility index (Phi) is 5.71. The molecule has 0 spiro atoms. The predicted molar refractivity (Wildman–Crippen MR) is 112 cm³/mol. The zero-order valence-electron chi connectivity index (χ0n) is 18.7. The molecule has 152 valence electrons. The molecule has 0 aromatic heterocycles. The highest BCUT2D eigenvalue weighted by atomic mass is 16.7. The van der Waals surface area contributed by atoms with Crippen LogP contribution in [0.25, 0.3) is 0 Å². The van der Waals surface area contributed by atoms with Crippen LogP contribution in [0, 0.1) is 5.92 Å². The van der Waals surface area contributed by atoms with Gasteiger partial charge in [-0.3, -0.25) is 0 Å². The van der Waals surface area contributed by atoms with Crippen LogP contribution < -0.4 is 0 Å². The van der Waals surface area contributed by atoms with E-state index in [4.69, 9.17) is 18.6 Å². The van der Waals surface area contributed by atoms with Crippen molar-refractivity contribution >= 4 is 14.2 Å². The Morgan fingerprint density at radius 1 is 0.741 bits per heavy atom. The van der Waals surface area contributed by atoms with Crippen molar-refractivity contribution < 1.29 is 18.6 Å². The summed E-state index contributed by atoms with van der Waals surface area (Å²) in [4.78, 5) is 0. The molecule has 1 saturated carbocycles. The molecule has 3 fully saturated rings. The summed E-state index contributed by atoms with van der Waals surface area (Å²) in [6.07, 6.45) is 9.60. The van der Waals surface area contributed by atoms with E-state index in [0.29, 0.717) is 12.2 Å². The molecule has 0 aromatic rings. The van der Waals surface area contributed by atoms with E-state index in [0.717, 1.165) is 0 Å². The summed E-state index contributed by atoms with van der Waals surface area (Å²) in [6, 6.07) is 0. The Labute approximate surface area is 167 Å². The highest BCUT2D eigenvalue weighted by molar-refractivity contribution is 6.59. The highest BCUT2D eigenvalue weighted by Gasteiger charge is 2.55. The van der Waals surface area contributed by atoms with Gasteiger partial charge in [0.15, 0.2) is 0 Å². The Morgan fingerprint density at radius 2 is 1.19 bits per heavy atom. The van der Waals surface area contributed by atoms with Gasteiger partial charge in [0.25, 0.3) is 0 Å². The van der Waals surface area contributed by atoms with Crippen LogP contribution in [0.15, 0.2) is 11.5 Å². The quantitative estimate of drug-likeness (QED) is 0.631. The van der Waals surface area contributed by atoms with E-state index in [2.05, 4.69) is 61.5 Å². The zero-order valence-corrected chi connectivity index (χ0v) is 18.7. The van der Waals surface area contributed by atoms with E-state index in [1.54, 1.807) is 0 Å². The van der Waals surface area contributed by atoms with Crippen molar-refractivity contribution in [2.24, 2.45) is 5.92 Å². The summed E-state index contributed by atoms with van der Waals surface area (Å²) in [7, 11) is -0.584. The molecule has 3 aliphatic rings. The third kappa shape index (κ3) is 4.34. The van der Waals surface area contributed by atoms with Crippen LogP contribution in [0.5, 0.6) is 0 Å². The normalized spacial score (nSPS) is 30.1. The maximum absolute atomic E-state index is 6.38. The van der Waals surface area contributed by atoms with Crippen LogP contribution in [0.1, 0.15) is 87.5 Å². The van der Waals surface area contributed by atoms with Gasteiger partial charge in [-0.25, -0.2) is 0 Å². The first kappa shape index (κ1) is 21.4. The SMILES string of the molecule is CC1(C)OB(C/C(=C\C2CCCCC2)B2OC(C)(C)C(C)(C)O2)OC1(C)C. The minimum Gasteiger partial charge on any atom is -0.403 e. The van der Waals surface area contributed by atoms with Crippen LogP contribution in [-0.4, -0.2) is 36.6 Å². The van der Waals surface area contributed by atoms with Crippen LogP contribution >= 0.6 is 0 Å². The highest BCUT2D eigenvalue weighted by Crippen LogP contribution is 2.43. The standard InChI is InChI=1S/C21H38B2O4/c1-18(2)19(3,4)25-22(24-18)15-17(14-16-12-10-9-11-13-16)23-26-20(5,6)21(7,8)27-23/h14,16H,9-13,15H2,1-8H3/b17-14+. The van der Waals surface area contributed by atoms with Crippen LogP contribution in [-0.2, 0) is 18.6 Å². The Morgan fingerprint density at radius 3 is 1.67 bits per heavy atom. The smallest absolute Gasteiger partial charge is 0.403 e. The fourth-order valence-electron chi connectivity index (χ4n) is 4.08. The fraction of sp³-hybridized carbons (Fsp3) is 0.905. The largest absolute Gasteiger partial charge is 0.489 e. The number of rotatable bonds is 4. The molecule has 0 bridgehead atoms. The lowest BCUT2D eigenvalue weighted by Gasteiger charge is -2.32. The van der Waals surface area contributed by atoms with Gasteiger partial charge >= 0.3 is 14.2 Å². The summed E-state index contributed by atoms with van der Waals surface area (Å²) >= 11 is 0. The predicted octanol–water partition coefficient (Wildman–Crippen LogP) is 5.22. The first-order valence-electron chi connectivity index (χ1n) is 10.7. The Bertz CT molecular complexity index is 545. The molecule has 2 aliphatic heterocycles. The molecule has 27 heavy (non-hydrogen) atoms. The molecule has 0 N–H and O–H groups in total. The summed E-state index contributed by atoms with van der Waals surface area (Å²) < 4.78 is 25.3. The van der Waals surface area contributed by atoms with Gasteiger partial charge in [0.1, 0.15) is 0 Å². The van der Waals surface area contributed by atoms with Gasteiger partial charge in [0.2, 0.25) is 0 Å². The molecule has 4 nitrogen and oxygen atoms in total. The summed E-state index contributed by atoms with van der Waals surface area (Å²) in [5, 5.41) is 0. The zero-order chi connectivity index (χ0) is 20.1. The summed E-state index contributed by atoms with van der Waals surface area (Å²) in [5.74, 6) is 0.607. The van der Waals surface area contributed by atoms with Crippen LogP contribution in [0.4, 0.5) is 0 Å². The van der Waals surface area contributed by atoms with Crippen molar-refractivity contribution in [2.75, 3.05) is 0 Å². The lowest BCUT2D eigenvalue weighted by molar-refractivity contribution is 0.00578. The van der Waals surface area contributed by atoms with Gasteiger partial charge in [-0.05, 0) is 79.6 Å². The summed E-state index contributed by atoms with van der Waals surface area (Å²) in [6.45, 7) is 16.9. The van der Waals surface area contributed by atoms with Crippen molar-refractivity contribution in [3.63, 3.8) is 0 Å². The minimum absolute atomic E-state index is 0.260. The first-order chi connectivity index (χ1) is 12.3. The average Bonchev–Trinajstić information content (AvgIpc) is 2.87. The Balaban J connectivity index is 1.80. The molecule has 0 atom stereocenters. The fourth-order valence-corrected chi connectivity index (χ4v) is 4.08. The number of hydrogen-bond acceptors (Lipinski definition) is 4. The van der Waals surface area contributed by atoms with Gasteiger partial charge in [-0.2, -0.15) is 0 Å². The lowest BCUT2D eigenvalue weighted by atomic mass is 9.64. The van der Waals surface area contributed by atoms with Crippen LogP contribution in [0.2, 0.25) is 6.32 Å².